The minimum atomic E-state index is -4.60. The Morgan fingerprint density at radius 2 is 1.14 bits per heavy atom. The van der Waals surface area contributed by atoms with Crippen molar-refractivity contribution in [3.63, 3.8) is 0 Å². The summed E-state index contributed by atoms with van der Waals surface area (Å²) in [6.45, 7) is 3.03. The van der Waals surface area contributed by atoms with Gasteiger partial charge >= 0.3 is 13.8 Å². The Kier molecular flexibility index (Phi) is 32.3. The van der Waals surface area contributed by atoms with Gasteiger partial charge in [-0.2, -0.15) is 11.8 Å². The Morgan fingerprint density at radius 1 is 0.698 bits per heavy atom. The van der Waals surface area contributed by atoms with Crippen LogP contribution in [0.15, 0.2) is 0 Å². The van der Waals surface area contributed by atoms with E-state index < -0.39 is 13.9 Å². The van der Waals surface area contributed by atoms with Crippen LogP contribution in [0.4, 0.5) is 0 Å². The van der Waals surface area contributed by atoms with E-state index in [2.05, 4.69) is 11.4 Å². The lowest BCUT2D eigenvalue weighted by Crippen LogP contribution is -2.25. The Labute approximate surface area is 267 Å². The molecule has 0 spiro atoms. The molecule has 10 heteroatoms. The number of carbonyl (C=O) groups excluding carboxylic acids is 2. The molecule has 0 rings (SSSR count). The fraction of sp³-hybridized carbons (Fsp3) is 0.939. The van der Waals surface area contributed by atoms with Gasteiger partial charge in [-0.15, -0.1) is 0 Å². The first-order chi connectivity index (χ1) is 20.9. The van der Waals surface area contributed by atoms with Crippen LogP contribution in [0.25, 0.3) is 0 Å². The lowest BCUT2D eigenvalue weighted by Gasteiger charge is -2.18. The normalized spacial score (nSPS) is 12.3. The Morgan fingerprint density at radius 3 is 1.60 bits per heavy atom. The van der Waals surface area contributed by atoms with Crippen LogP contribution in [-0.4, -0.2) is 53.1 Å². The highest BCUT2D eigenvalue weighted by Gasteiger charge is 2.21. The van der Waals surface area contributed by atoms with Crippen LogP contribution in [0.3, 0.4) is 0 Å². The smallest absolute Gasteiger partial charge is 0.468 e. The Bertz CT molecular complexity index is 661. The molecule has 43 heavy (non-hydrogen) atoms. The highest BCUT2D eigenvalue weighted by atomic mass is 32.2. The number of hydrogen-bond donors (Lipinski definition) is 2. The number of phosphoric acid groups is 1. The van der Waals surface area contributed by atoms with Crippen molar-refractivity contribution in [3.8, 4) is 0 Å². The van der Waals surface area contributed by atoms with E-state index in [0.717, 1.165) is 44.3 Å². The predicted molar refractivity (Wildman–Crippen MR) is 178 cm³/mol. The van der Waals surface area contributed by atoms with Crippen LogP contribution in [0.2, 0.25) is 0 Å². The molecule has 0 heterocycles. The van der Waals surface area contributed by atoms with Gasteiger partial charge in [-0.25, -0.2) is 4.57 Å². The fourth-order valence-electron chi connectivity index (χ4n) is 5.07. The summed E-state index contributed by atoms with van der Waals surface area (Å²) in [6, 6.07) is 0. The molecule has 0 amide bonds. The summed E-state index contributed by atoms with van der Waals surface area (Å²) in [5.74, 6) is 1.11. The van der Waals surface area contributed by atoms with Crippen molar-refractivity contribution in [2.24, 2.45) is 0 Å². The van der Waals surface area contributed by atoms with Crippen molar-refractivity contribution in [2.45, 2.75) is 174 Å². The third-order valence-corrected chi connectivity index (χ3v) is 9.30. The van der Waals surface area contributed by atoms with Crippen LogP contribution in [-0.2, 0) is 28.2 Å². The van der Waals surface area contributed by atoms with E-state index in [1.807, 2.05) is 0 Å². The lowest BCUT2D eigenvalue weighted by atomic mass is 10.0. The van der Waals surface area contributed by atoms with Crippen LogP contribution in [0.5, 0.6) is 0 Å². The van der Waals surface area contributed by atoms with Crippen molar-refractivity contribution in [1.29, 1.82) is 0 Å². The molecule has 0 aromatic carbocycles. The zero-order chi connectivity index (χ0) is 31.7. The quantitative estimate of drug-likeness (QED) is 0.0298. The van der Waals surface area contributed by atoms with Gasteiger partial charge in [-0.05, 0) is 25.0 Å². The van der Waals surface area contributed by atoms with E-state index in [1.54, 1.807) is 11.8 Å². The monoisotopic (exact) mass is 652 g/mol. The molecule has 8 nitrogen and oxygen atoms in total. The third kappa shape index (κ3) is 35.7. The Hall–Kier alpha value is -0.600. The first-order valence-electron chi connectivity index (χ1n) is 17.4. The molecule has 0 radical (unpaired) electrons. The fourth-order valence-corrected chi connectivity index (χ4v) is 6.43. The summed E-state index contributed by atoms with van der Waals surface area (Å²) in [5, 5.41) is 0. The van der Waals surface area contributed by atoms with Crippen LogP contribution in [0.1, 0.15) is 167 Å². The molecule has 256 valence electrons. The van der Waals surface area contributed by atoms with E-state index >= 15 is 0 Å². The zero-order valence-electron chi connectivity index (χ0n) is 27.4. The first-order valence-corrected chi connectivity index (χ1v) is 20.1. The summed E-state index contributed by atoms with van der Waals surface area (Å²) >= 11 is 1.65. The van der Waals surface area contributed by atoms with E-state index in [0.29, 0.717) is 25.3 Å². The van der Waals surface area contributed by atoms with Gasteiger partial charge in [-0.3, -0.25) is 14.1 Å². The summed E-state index contributed by atoms with van der Waals surface area (Å²) in [5.41, 5.74) is 0. The largest absolute Gasteiger partial charge is 0.469 e. The topological polar surface area (TPSA) is 119 Å². The second-order valence-corrected chi connectivity index (χ2v) is 14.2. The van der Waals surface area contributed by atoms with Crippen LogP contribution in [0, 0.1) is 0 Å². The molecule has 1 atom stereocenters. The molecular weight excluding hydrogens is 587 g/mol. The van der Waals surface area contributed by atoms with Crippen molar-refractivity contribution in [2.75, 3.05) is 24.7 Å². The van der Waals surface area contributed by atoms with Gasteiger partial charge < -0.3 is 19.3 Å². The molecule has 0 bridgehead atoms. The molecule has 0 aliphatic heterocycles. The van der Waals surface area contributed by atoms with E-state index in [-0.39, 0.29) is 12.6 Å². The van der Waals surface area contributed by atoms with Crippen LogP contribution >= 0.6 is 19.6 Å². The SMILES string of the molecule is CCCCCCCCCCCCCC(=O)O[C@H](COP(=O)(O)O)CSCCCCCCCCCCCCCCCOC=O. The van der Waals surface area contributed by atoms with Gasteiger partial charge in [0.1, 0.15) is 6.10 Å². The van der Waals surface area contributed by atoms with Gasteiger partial charge in [-0.1, -0.05) is 142 Å². The number of ether oxygens (including phenoxy) is 2. The second-order valence-electron chi connectivity index (χ2n) is 11.8. The average molecular weight is 653 g/mol. The molecular formula is C33H65O8PS. The maximum atomic E-state index is 12.3. The van der Waals surface area contributed by atoms with Gasteiger partial charge in [0.15, 0.2) is 0 Å². The molecule has 0 fully saturated rings. The number of unbranched alkanes of at least 4 members (excludes halogenated alkanes) is 22. The molecule has 0 saturated heterocycles. The molecule has 0 saturated carbocycles. The molecule has 2 N–H and O–H groups in total. The molecule has 0 aliphatic carbocycles. The van der Waals surface area contributed by atoms with Crippen molar-refractivity contribution in [3.05, 3.63) is 0 Å². The van der Waals surface area contributed by atoms with E-state index in [9.17, 15) is 14.2 Å². The summed E-state index contributed by atoms with van der Waals surface area (Å²) in [6.07, 6.45) is 28.9. The van der Waals surface area contributed by atoms with Gasteiger partial charge in [0, 0.05) is 12.2 Å². The summed E-state index contributed by atoms with van der Waals surface area (Å²) < 4.78 is 26.0. The highest BCUT2D eigenvalue weighted by Crippen LogP contribution is 2.36. The first kappa shape index (κ1) is 42.4. The van der Waals surface area contributed by atoms with Crippen molar-refractivity contribution in [1.82, 2.24) is 0 Å². The van der Waals surface area contributed by atoms with Crippen LogP contribution < -0.4 is 0 Å². The molecule has 0 aromatic rings. The predicted octanol–water partition coefficient (Wildman–Crippen LogP) is 9.69. The maximum Gasteiger partial charge on any atom is 0.469 e. The number of carbonyl (C=O) groups is 2. The minimum absolute atomic E-state index is 0.280. The summed E-state index contributed by atoms with van der Waals surface area (Å²) in [7, 11) is -4.60. The number of phosphoric ester groups is 1. The second kappa shape index (κ2) is 32.8. The summed E-state index contributed by atoms with van der Waals surface area (Å²) in [4.78, 5) is 40.6. The number of rotatable bonds is 35. The van der Waals surface area contributed by atoms with Crippen molar-refractivity contribution < 1.29 is 37.9 Å². The Balaban J connectivity index is 3.78. The molecule has 0 unspecified atom stereocenters. The van der Waals surface area contributed by atoms with Gasteiger partial charge in [0.25, 0.3) is 6.47 Å². The van der Waals surface area contributed by atoms with Gasteiger partial charge in [0.2, 0.25) is 0 Å². The third-order valence-electron chi connectivity index (χ3n) is 7.63. The average Bonchev–Trinajstić information content (AvgIpc) is 2.97. The highest BCUT2D eigenvalue weighted by molar-refractivity contribution is 7.99. The zero-order valence-corrected chi connectivity index (χ0v) is 29.1. The van der Waals surface area contributed by atoms with E-state index in [1.165, 1.54) is 116 Å². The standard InChI is InChI=1S/C33H65O8PS/c1-2-3-4-5-6-7-11-14-17-20-23-26-33(35)41-32(29-40-42(36,37)38)30-43-28-25-22-19-16-13-10-8-9-12-15-18-21-24-27-39-31-34/h31-32H,2-30H2,1H3,(H2,36,37,38)/t32-/m1/s1. The number of esters is 1. The minimum Gasteiger partial charge on any atom is -0.468 e. The molecule has 0 aromatic heterocycles. The van der Waals surface area contributed by atoms with Gasteiger partial charge in [0.05, 0.1) is 13.2 Å². The van der Waals surface area contributed by atoms with E-state index in [4.69, 9.17) is 19.3 Å². The number of thioether (sulfide) groups is 1. The lowest BCUT2D eigenvalue weighted by molar-refractivity contribution is -0.149. The maximum absolute atomic E-state index is 12.3. The van der Waals surface area contributed by atoms with Crippen molar-refractivity contribution >= 4 is 32.0 Å². The number of hydrogen-bond acceptors (Lipinski definition) is 7. The molecule has 0 aliphatic rings.